The molecule has 4 aromatic rings. The maximum Gasteiger partial charge on any atom is 0.349 e. The molecular weight excluding hydrogens is 382 g/mol. The minimum absolute atomic E-state index is 0.184. The minimum atomic E-state index is -0.454. The maximum atomic E-state index is 13.2. The van der Waals surface area contributed by atoms with Crippen LogP contribution in [0, 0.1) is 0 Å². The average molecular weight is 403 g/mol. The Labute approximate surface area is 171 Å². The third kappa shape index (κ3) is 3.10. The normalized spacial score (nSPS) is 14.5. The van der Waals surface area contributed by atoms with Gasteiger partial charge in [0.15, 0.2) is 0 Å². The zero-order chi connectivity index (χ0) is 20.7. The number of fused-ring (bicyclic) bond motifs is 3. The average Bonchev–Trinajstić information content (AvgIpc) is 3.41. The highest BCUT2D eigenvalue weighted by molar-refractivity contribution is 5.98. The van der Waals surface area contributed by atoms with Crippen LogP contribution < -0.4 is 16.6 Å². The first-order valence-electron chi connectivity index (χ1n) is 10.1. The number of nitrogens with one attached hydrogen (secondary N) is 2. The van der Waals surface area contributed by atoms with Crippen LogP contribution in [0.2, 0.25) is 0 Å². The van der Waals surface area contributed by atoms with Gasteiger partial charge in [0.1, 0.15) is 0 Å². The Hall–Kier alpha value is -3.68. The van der Waals surface area contributed by atoms with E-state index in [0.29, 0.717) is 16.5 Å². The van der Waals surface area contributed by atoms with Gasteiger partial charge in [-0.2, -0.15) is 0 Å². The molecule has 0 aliphatic heterocycles. The number of amides is 1. The molecule has 0 radical (unpaired) electrons. The standard InChI is InChI=1S/C22H21N5O3/c28-19(23-16-8-4-5-9-16)15-10-11-17-18(12-15)27-21(24-25-22(27)30)26(20(17)29)13-14-6-2-1-3-7-14/h1-3,6-7,10-12,16H,4-5,8-9,13H2,(H,23,28)(H,25,30). The van der Waals surface area contributed by atoms with Crippen LogP contribution in [0.5, 0.6) is 0 Å². The van der Waals surface area contributed by atoms with Crippen molar-refractivity contribution in [2.45, 2.75) is 38.3 Å². The third-order valence-corrected chi connectivity index (χ3v) is 5.75. The first-order valence-corrected chi connectivity index (χ1v) is 10.1. The second-order valence-electron chi connectivity index (χ2n) is 7.73. The number of rotatable bonds is 4. The lowest BCUT2D eigenvalue weighted by Gasteiger charge is -2.13. The highest BCUT2D eigenvalue weighted by Gasteiger charge is 2.20. The number of nitrogens with zero attached hydrogens (tertiary/aromatic N) is 3. The van der Waals surface area contributed by atoms with Crippen molar-refractivity contribution < 1.29 is 4.79 Å². The summed E-state index contributed by atoms with van der Waals surface area (Å²) in [5.41, 5.74) is 0.998. The van der Waals surface area contributed by atoms with Gasteiger partial charge in [-0.1, -0.05) is 43.2 Å². The van der Waals surface area contributed by atoms with Crippen LogP contribution >= 0.6 is 0 Å². The number of H-pyrrole nitrogens is 1. The van der Waals surface area contributed by atoms with Crippen molar-refractivity contribution in [3.8, 4) is 0 Å². The highest BCUT2D eigenvalue weighted by atomic mass is 16.2. The van der Waals surface area contributed by atoms with Crippen molar-refractivity contribution in [1.82, 2.24) is 24.5 Å². The van der Waals surface area contributed by atoms with Gasteiger partial charge >= 0.3 is 5.69 Å². The summed E-state index contributed by atoms with van der Waals surface area (Å²) in [5.74, 6) is 0.0247. The van der Waals surface area contributed by atoms with E-state index in [1.807, 2.05) is 30.3 Å². The highest BCUT2D eigenvalue weighted by Crippen LogP contribution is 2.19. The lowest BCUT2D eigenvalue weighted by Crippen LogP contribution is -2.32. The van der Waals surface area contributed by atoms with E-state index in [0.717, 1.165) is 31.2 Å². The largest absolute Gasteiger partial charge is 0.349 e. The molecule has 0 atom stereocenters. The van der Waals surface area contributed by atoms with Crippen molar-refractivity contribution >= 4 is 22.6 Å². The smallest absolute Gasteiger partial charge is 0.349 e. The Bertz CT molecular complexity index is 1360. The van der Waals surface area contributed by atoms with Crippen LogP contribution in [0.4, 0.5) is 0 Å². The van der Waals surface area contributed by atoms with Gasteiger partial charge in [-0.05, 0) is 36.6 Å². The molecule has 1 aliphatic rings. The zero-order valence-corrected chi connectivity index (χ0v) is 16.3. The summed E-state index contributed by atoms with van der Waals surface area (Å²) < 4.78 is 2.82. The minimum Gasteiger partial charge on any atom is -0.349 e. The first kappa shape index (κ1) is 18.4. The molecule has 1 amide bonds. The fourth-order valence-corrected chi connectivity index (χ4v) is 4.21. The van der Waals surface area contributed by atoms with Crippen molar-refractivity contribution in [3.63, 3.8) is 0 Å². The summed E-state index contributed by atoms with van der Waals surface area (Å²) in [5, 5.41) is 9.90. The van der Waals surface area contributed by atoms with Crippen LogP contribution in [0.3, 0.4) is 0 Å². The summed E-state index contributed by atoms with van der Waals surface area (Å²) in [6.07, 6.45) is 4.20. The Morgan fingerprint density at radius 2 is 1.87 bits per heavy atom. The van der Waals surface area contributed by atoms with Gasteiger partial charge in [0.05, 0.1) is 17.4 Å². The molecule has 2 N–H and O–H groups in total. The van der Waals surface area contributed by atoms with E-state index in [1.54, 1.807) is 18.2 Å². The topological polar surface area (TPSA) is 101 Å². The van der Waals surface area contributed by atoms with Crippen LogP contribution in [0.1, 0.15) is 41.6 Å². The van der Waals surface area contributed by atoms with Gasteiger partial charge in [0.25, 0.3) is 11.5 Å². The lowest BCUT2D eigenvalue weighted by molar-refractivity contribution is 0.0938. The molecule has 2 aromatic heterocycles. The second kappa shape index (κ2) is 7.29. The lowest BCUT2D eigenvalue weighted by atomic mass is 10.1. The summed E-state index contributed by atoms with van der Waals surface area (Å²) in [6, 6.07) is 14.5. The number of aromatic nitrogens is 4. The monoisotopic (exact) mass is 403 g/mol. The van der Waals surface area contributed by atoms with E-state index in [-0.39, 0.29) is 29.8 Å². The molecule has 1 saturated carbocycles. The molecular formula is C22H21N5O3. The molecule has 1 aliphatic carbocycles. The van der Waals surface area contributed by atoms with E-state index in [9.17, 15) is 14.4 Å². The third-order valence-electron chi connectivity index (χ3n) is 5.75. The Morgan fingerprint density at radius 1 is 1.10 bits per heavy atom. The number of aromatic amines is 1. The predicted molar refractivity (Wildman–Crippen MR) is 113 cm³/mol. The number of benzene rings is 2. The van der Waals surface area contributed by atoms with Gasteiger partial charge in [-0.3, -0.25) is 14.2 Å². The van der Waals surface area contributed by atoms with Gasteiger partial charge < -0.3 is 5.32 Å². The zero-order valence-electron chi connectivity index (χ0n) is 16.3. The second-order valence-corrected chi connectivity index (χ2v) is 7.73. The molecule has 0 unspecified atom stereocenters. The summed E-state index contributed by atoms with van der Waals surface area (Å²) in [6.45, 7) is 0.285. The SMILES string of the molecule is O=C(NC1CCCC1)c1ccc2c(=O)n(Cc3ccccc3)c3n[nH]c(=O)n3c2c1. The molecule has 2 heterocycles. The quantitative estimate of drug-likeness (QED) is 0.545. The Balaban J connectivity index is 1.64. The molecule has 5 rings (SSSR count). The van der Waals surface area contributed by atoms with Crippen LogP contribution in [-0.2, 0) is 6.54 Å². The molecule has 1 fully saturated rings. The molecule has 0 saturated heterocycles. The summed E-state index contributed by atoms with van der Waals surface area (Å²) in [7, 11) is 0. The number of carbonyl (C=O) groups is 1. The van der Waals surface area contributed by atoms with Crippen LogP contribution in [0.15, 0.2) is 58.1 Å². The van der Waals surface area contributed by atoms with Crippen molar-refractivity contribution in [2.24, 2.45) is 0 Å². The van der Waals surface area contributed by atoms with Crippen molar-refractivity contribution in [3.05, 3.63) is 80.5 Å². The van der Waals surface area contributed by atoms with Gasteiger partial charge in [0, 0.05) is 11.6 Å². The molecule has 8 heteroatoms. The molecule has 8 nitrogen and oxygen atoms in total. The van der Waals surface area contributed by atoms with Gasteiger partial charge in [0.2, 0.25) is 5.78 Å². The van der Waals surface area contributed by atoms with Crippen molar-refractivity contribution in [2.75, 3.05) is 0 Å². The number of hydrogen-bond acceptors (Lipinski definition) is 4. The van der Waals surface area contributed by atoms with Crippen molar-refractivity contribution in [1.29, 1.82) is 0 Å². The fraction of sp³-hybridized carbons (Fsp3) is 0.273. The molecule has 0 bridgehead atoms. The van der Waals surface area contributed by atoms with E-state index >= 15 is 0 Å². The molecule has 152 valence electrons. The Morgan fingerprint density at radius 3 is 2.63 bits per heavy atom. The van der Waals surface area contributed by atoms with Gasteiger partial charge in [-0.25, -0.2) is 14.3 Å². The molecule has 0 spiro atoms. The number of hydrogen-bond donors (Lipinski definition) is 2. The van der Waals surface area contributed by atoms with Crippen LogP contribution in [-0.4, -0.2) is 31.1 Å². The van der Waals surface area contributed by atoms with E-state index in [2.05, 4.69) is 15.5 Å². The Kier molecular flexibility index (Phi) is 4.46. The summed E-state index contributed by atoms with van der Waals surface area (Å²) >= 11 is 0. The van der Waals surface area contributed by atoms with Crippen LogP contribution in [0.25, 0.3) is 16.7 Å². The fourth-order valence-electron chi connectivity index (χ4n) is 4.21. The van der Waals surface area contributed by atoms with E-state index < -0.39 is 5.69 Å². The van der Waals surface area contributed by atoms with E-state index in [4.69, 9.17) is 0 Å². The van der Waals surface area contributed by atoms with E-state index in [1.165, 1.54) is 8.97 Å². The van der Waals surface area contributed by atoms with Gasteiger partial charge in [-0.15, -0.1) is 5.10 Å². The number of carbonyl (C=O) groups excluding carboxylic acids is 1. The maximum absolute atomic E-state index is 13.2. The summed E-state index contributed by atoms with van der Waals surface area (Å²) in [4.78, 5) is 38.4. The molecule has 2 aromatic carbocycles. The predicted octanol–water partition coefficient (Wildman–Crippen LogP) is 2.06. The first-order chi connectivity index (χ1) is 14.6. The molecule has 30 heavy (non-hydrogen) atoms.